The van der Waals surface area contributed by atoms with E-state index in [1.807, 2.05) is 18.2 Å². The van der Waals surface area contributed by atoms with Gasteiger partial charge in [0.25, 0.3) is 0 Å². The summed E-state index contributed by atoms with van der Waals surface area (Å²) in [6.45, 7) is 11.1. The van der Waals surface area contributed by atoms with Crippen LogP contribution in [0.15, 0.2) is 35.0 Å². The molecule has 1 N–H and O–H groups in total. The third kappa shape index (κ3) is 6.75. The Morgan fingerprint density at radius 3 is 2.61 bits per heavy atom. The molecule has 0 aromatic carbocycles. The fraction of sp³-hybridized carbons (Fsp3) is 0.611. The molecule has 1 heterocycles. The molecule has 23 heavy (non-hydrogen) atoms. The van der Waals surface area contributed by atoms with Crippen LogP contribution < -0.4 is 0 Å². The number of carboxylic acids is 1. The molecule has 5 heteroatoms. The highest BCUT2D eigenvalue weighted by molar-refractivity contribution is 6.74. The number of aliphatic carboxylic acids is 1. The second-order valence-corrected chi connectivity index (χ2v) is 12.1. The summed E-state index contributed by atoms with van der Waals surface area (Å²) in [5.41, 5.74) is 0. The average molecular weight is 339 g/mol. The van der Waals surface area contributed by atoms with Gasteiger partial charge in [0.05, 0.1) is 6.26 Å². The van der Waals surface area contributed by atoms with E-state index in [1.165, 1.54) is 0 Å². The summed E-state index contributed by atoms with van der Waals surface area (Å²) >= 11 is 0. The molecule has 0 spiro atoms. The summed E-state index contributed by atoms with van der Waals surface area (Å²) in [4.78, 5) is 10.5. The number of allylic oxidation sites excluding steroid dienone is 1. The molecule has 0 bridgehead atoms. The van der Waals surface area contributed by atoms with E-state index in [4.69, 9.17) is 13.9 Å². The van der Waals surface area contributed by atoms with Crippen LogP contribution in [0.5, 0.6) is 0 Å². The Hall–Kier alpha value is -1.33. The van der Waals surface area contributed by atoms with Gasteiger partial charge in [-0.3, -0.25) is 4.79 Å². The smallest absolute Gasteiger partial charge is 0.303 e. The van der Waals surface area contributed by atoms with Crippen molar-refractivity contribution in [3.05, 3.63) is 36.3 Å². The first-order valence-corrected chi connectivity index (χ1v) is 11.1. The van der Waals surface area contributed by atoms with Gasteiger partial charge < -0.3 is 13.9 Å². The lowest BCUT2D eigenvalue weighted by atomic mass is 10.1. The Kier molecular flexibility index (Phi) is 7.29. The van der Waals surface area contributed by atoms with Crippen molar-refractivity contribution in [2.24, 2.45) is 0 Å². The molecule has 0 saturated heterocycles. The Morgan fingerprint density at radius 2 is 2.09 bits per heavy atom. The average Bonchev–Trinajstić information content (AvgIpc) is 2.93. The van der Waals surface area contributed by atoms with Crippen LogP contribution in [0.1, 0.15) is 58.3 Å². The standard InChI is InChI=1S/C18H30O4Si/c1-18(2,3)23(4,5)22-16(15-12-10-14-21-15)11-8-6-7-9-13-17(19)20/h6,8,10,12,14,16H,7,9,11,13H2,1-5H3,(H,19,20). The molecule has 1 unspecified atom stereocenters. The van der Waals surface area contributed by atoms with E-state index in [9.17, 15) is 4.79 Å². The maximum absolute atomic E-state index is 10.5. The fourth-order valence-corrected chi connectivity index (χ4v) is 3.22. The van der Waals surface area contributed by atoms with Crippen molar-refractivity contribution in [3.8, 4) is 0 Å². The van der Waals surface area contributed by atoms with Gasteiger partial charge in [-0.1, -0.05) is 32.9 Å². The molecule has 0 saturated carbocycles. The highest BCUT2D eigenvalue weighted by Crippen LogP contribution is 2.40. The third-order valence-electron chi connectivity index (χ3n) is 4.38. The number of rotatable bonds is 9. The topological polar surface area (TPSA) is 59.7 Å². The predicted octanol–water partition coefficient (Wildman–Crippen LogP) is 5.54. The van der Waals surface area contributed by atoms with Crippen LogP contribution in [0.4, 0.5) is 0 Å². The number of carboxylic acid groups (broad SMARTS) is 1. The van der Waals surface area contributed by atoms with E-state index in [-0.39, 0.29) is 17.6 Å². The minimum absolute atomic E-state index is 0.0818. The van der Waals surface area contributed by atoms with Crippen LogP contribution in [-0.2, 0) is 9.22 Å². The van der Waals surface area contributed by atoms with Crippen LogP contribution in [0.2, 0.25) is 18.1 Å². The van der Waals surface area contributed by atoms with E-state index < -0.39 is 14.3 Å². The number of furan rings is 1. The van der Waals surface area contributed by atoms with Gasteiger partial charge in [0.15, 0.2) is 8.32 Å². The van der Waals surface area contributed by atoms with E-state index in [0.717, 1.165) is 18.6 Å². The quantitative estimate of drug-likeness (QED) is 0.364. The number of hydrogen-bond acceptors (Lipinski definition) is 3. The van der Waals surface area contributed by atoms with Crippen LogP contribution in [0.3, 0.4) is 0 Å². The van der Waals surface area contributed by atoms with Crippen LogP contribution in [0.25, 0.3) is 0 Å². The number of carbonyl (C=O) groups is 1. The summed E-state index contributed by atoms with van der Waals surface area (Å²) in [7, 11) is -1.89. The minimum Gasteiger partial charge on any atom is -0.481 e. The first-order valence-electron chi connectivity index (χ1n) is 8.21. The van der Waals surface area contributed by atoms with Gasteiger partial charge in [-0.25, -0.2) is 0 Å². The molecule has 0 aliphatic heterocycles. The zero-order valence-corrected chi connectivity index (χ0v) is 16.0. The first kappa shape index (κ1) is 19.7. The van der Waals surface area contributed by atoms with Crippen molar-refractivity contribution in [1.82, 2.24) is 0 Å². The van der Waals surface area contributed by atoms with Crippen molar-refractivity contribution in [1.29, 1.82) is 0 Å². The zero-order chi connectivity index (χ0) is 17.5. The molecular weight excluding hydrogens is 308 g/mol. The SMILES string of the molecule is CC(C)(C)[Si](C)(C)OC(CC=CCCCC(=O)O)c1ccco1. The zero-order valence-electron chi connectivity index (χ0n) is 15.0. The second kappa shape index (κ2) is 8.50. The lowest BCUT2D eigenvalue weighted by Gasteiger charge is -2.38. The second-order valence-electron chi connectivity index (χ2n) is 7.38. The van der Waals surface area contributed by atoms with Crippen molar-refractivity contribution < 1.29 is 18.7 Å². The lowest BCUT2D eigenvalue weighted by molar-refractivity contribution is -0.137. The van der Waals surface area contributed by atoms with Gasteiger partial charge in [0.2, 0.25) is 0 Å². The molecule has 130 valence electrons. The van der Waals surface area contributed by atoms with Crippen molar-refractivity contribution >= 4 is 14.3 Å². The summed E-state index contributed by atoms with van der Waals surface area (Å²) in [5.74, 6) is 0.109. The molecule has 1 aromatic rings. The van der Waals surface area contributed by atoms with E-state index >= 15 is 0 Å². The minimum atomic E-state index is -1.89. The Morgan fingerprint density at radius 1 is 1.39 bits per heavy atom. The lowest BCUT2D eigenvalue weighted by Crippen LogP contribution is -2.41. The third-order valence-corrected chi connectivity index (χ3v) is 8.87. The van der Waals surface area contributed by atoms with Gasteiger partial charge in [-0.2, -0.15) is 0 Å². The highest BCUT2D eigenvalue weighted by atomic mass is 28.4. The monoisotopic (exact) mass is 338 g/mol. The largest absolute Gasteiger partial charge is 0.481 e. The summed E-state index contributed by atoms with van der Waals surface area (Å²) in [6, 6.07) is 3.84. The maximum Gasteiger partial charge on any atom is 0.303 e. The maximum atomic E-state index is 10.5. The Balaban J connectivity index is 2.65. The molecule has 0 aliphatic carbocycles. The van der Waals surface area contributed by atoms with Crippen LogP contribution >= 0.6 is 0 Å². The normalized spacial score (nSPS) is 14.3. The molecule has 1 atom stereocenters. The van der Waals surface area contributed by atoms with Gasteiger partial charge in [-0.15, -0.1) is 0 Å². The number of unbranched alkanes of at least 4 members (excludes halogenated alkanes) is 1. The summed E-state index contributed by atoms with van der Waals surface area (Å²) in [6.07, 6.45) is 8.10. The Bertz CT molecular complexity index is 498. The molecular formula is C18H30O4Si. The molecule has 1 rings (SSSR count). The summed E-state index contributed by atoms with van der Waals surface area (Å²) in [5, 5.41) is 8.78. The fourth-order valence-electron chi connectivity index (χ4n) is 1.94. The first-order chi connectivity index (χ1) is 10.6. The van der Waals surface area contributed by atoms with E-state index in [0.29, 0.717) is 6.42 Å². The molecule has 4 nitrogen and oxygen atoms in total. The molecule has 0 amide bonds. The van der Waals surface area contributed by atoms with Gasteiger partial charge in [0.1, 0.15) is 11.9 Å². The van der Waals surface area contributed by atoms with Crippen molar-refractivity contribution in [2.75, 3.05) is 0 Å². The molecule has 0 radical (unpaired) electrons. The van der Waals surface area contributed by atoms with Gasteiger partial charge in [-0.05, 0) is 49.5 Å². The van der Waals surface area contributed by atoms with E-state index in [2.05, 4.69) is 39.9 Å². The van der Waals surface area contributed by atoms with Gasteiger partial charge in [0, 0.05) is 6.42 Å². The van der Waals surface area contributed by atoms with Crippen molar-refractivity contribution in [2.45, 2.75) is 70.7 Å². The van der Waals surface area contributed by atoms with Crippen LogP contribution in [-0.4, -0.2) is 19.4 Å². The predicted molar refractivity (Wildman–Crippen MR) is 95.0 cm³/mol. The highest BCUT2D eigenvalue weighted by Gasteiger charge is 2.39. The van der Waals surface area contributed by atoms with Crippen LogP contribution in [0, 0.1) is 0 Å². The number of hydrogen-bond donors (Lipinski definition) is 1. The molecule has 1 aromatic heterocycles. The molecule has 0 fully saturated rings. The Labute approximate surface area is 140 Å². The summed E-state index contributed by atoms with van der Waals surface area (Å²) < 4.78 is 12.0. The van der Waals surface area contributed by atoms with E-state index in [1.54, 1.807) is 6.26 Å². The van der Waals surface area contributed by atoms with Crippen molar-refractivity contribution in [3.63, 3.8) is 0 Å². The molecule has 0 aliphatic rings. The van der Waals surface area contributed by atoms with Gasteiger partial charge >= 0.3 is 5.97 Å².